The van der Waals surface area contributed by atoms with Gasteiger partial charge in [0, 0.05) is 14.9 Å². The van der Waals surface area contributed by atoms with Crippen LogP contribution in [0.5, 0.6) is 0 Å². The van der Waals surface area contributed by atoms with E-state index in [0.717, 1.165) is 36.9 Å². The van der Waals surface area contributed by atoms with Crippen LogP contribution in [-0.4, -0.2) is 10.9 Å². The average Bonchev–Trinajstić information content (AvgIpc) is 2.91. The topological polar surface area (TPSA) is 42.0 Å². The maximum absolute atomic E-state index is 13.1. The van der Waals surface area contributed by atoms with Gasteiger partial charge in [0.05, 0.1) is 22.8 Å². The lowest BCUT2D eigenvalue weighted by Gasteiger charge is -2.08. The van der Waals surface area contributed by atoms with Gasteiger partial charge in [-0.05, 0) is 71.7 Å². The van der Waals surface area contributed by atoms with Gasteiger partial charge >= 0.3 is 0 Å². The molecular weight excluding hydrogens is 403 g/mol. The summed E-state index contributed by atoms with van der Waals surface area (Å²) in [7, 11) is 0. The molecule has 0 unspecified atom stereocenters. The number of nitrogens with zero attached hydrogens (tertiary/aromatic N) is 1. The van der Waals surface area contributed by atoms with Crippen molar-refractivity contribution in [2.75, 3.05) is 5.32 Å². The van der Waals surface area contributed by atoms with Crippen LogP contribution in [0.2, 0.25) is 0 Å². The van der Waals surface area contributed by atoms with Crippen molar-refractivity contribution < 1.29 is 9.18 Å². The van der Waals surface area contributed by atoms with Crippen molar-refractivity contribution in [2.45, 2.75) is 20.3 Å². The monoisotopic (exact) mass is 418 g/mol. The minimum absolute atomic E-state index is 0.114. The summed E-state index contributed by atoms with van der Waals surface area (Å²) in [5.74, 6) is -0.407. The molecule has 0 fully saturated rings. The predicted octanol–water partition coefficient (Wildman–Crippen LogP) is 5.51. The number of hydrogen-bond acceptors (Lipinski definition) is 3. The summed E-state index contributed by atoms with van der Waals surface area (Å²) in [6.45, 7) is 3.89. The number of carbonyl (C=O) groups is 1. The Bertz CT molecular complexity index is 922. The van der Waals surface area contributed by atoms with E-state index < -0.39 is 0 Å². The van der Waals surface area contributed by atoms with Gasteiger partial charge < -0.3 is 5.32 Å². The number of anilines is 1. The largest absolute Gasteiger partial charge is 0.325 e. The minimum atomic E-state index is -0.292. The van der Waals surface area contributed by atoms with E-state index in [-0.39, 0.29) is 18.1 Å². The first-order chi connectivity index (χ1) is 11.9. The van der Waals surface area contributed by atoms with E-state index in [2.05, 4.69) is 26.2 Å². The molecule has 0 spiro atoms. The Balaban J connectivity index is 1.81. The fraction of sp³-hybridized carbons (Fsp3) is 0.158. The van der Waals surface area contributed by atoms with Crippen LogP contribution in [0.25, 0.3) is 11.3 Å². The Morgan fingerprint density at radius 1 is 1.20 bits per heavy atom. The first-order valence-corrected chi connectivity index (χ1v) is 9.31. The van der Waals surface area contributed by atoms with Crippen LogP contribution < -0.4 is 5.32 Å². The highest BCUT2D eigenvalue weighted by molar-refractivity contribution is 9.10. The van der Waals surface area contributed by atoms with Crippen LogP contribution in [0.3, 0.4) is 0 Å². The zero-order valence-corrected chi connectivity index (χ0v) is 16.2. The number of benzene rings is 2. The predicted molar refractivity (Wildman–Crippen MR) is 103 cm³/mol. The molecule has 1 N–H and O–H groups in total. The smallest absolute Gasteiger partial charge is 0.229 e. The van der Waals surface area contributed by atoms with Gasteiger partial charge in [0.1, 0.15) is 5.82 Å². The number of hydrogen-bond donors (Lipinski definition) is 1. The SMILES string of the molecule is Cc1ccc(NC(=O)Cc2sc(C)nc2-c2ccc(F)cc2)c(Br)c1. The van der Waals surface area contributed by atoms with Gasteiger partial charge in [-0.15, -0.1) is 11.3 Å². The lowest BCUT2D eigenvalue weighted by molar-refractivity contribution is -0.115. The number of rotatable bonds is 4. The number of aryl methyl sites for hydroxylation is 2. The van der Waals surface area contributed by atoms with E-state index in [0.29, 0.717) is 0 Å². The lowest BCUT2D eigenvalue weighted by Crippen LogP contribution is -2.14. The molecule has 0 radical (unpaired) electrons. The van der Waals surface area contributed by atoms with Gasteiger partial charge in [-0.1, -0.05) is 6.07 Å². The van der Waals surface area contributed by atoms with Crippen molar-refractivity contribution in [2.24, 2.45) is 0 Å². The van der Waals surface area contributed by atoms with Crippen molar-refractivity contribution in [3.63, 3.8) is 0 Å². The number of carbonyl (C=O) groups excluding carboxylic acids is 1. The Morgan fingerprint density at radius 3 is 2.60 bits per heavy atom. The molecule has 0 saturated heterocycles. The molecule has 1 aromatic heterocycles. The van der Waals surface area contributed by atoms with Crippen LogP contribution in [0.4, 0.5) is 10.1 Å². The fourth-order valence-corrected chi connectivity index (χ4v) is 4.03. The lowest BCUT2D eigenvalue weighted by atomic mass is 10.1. The number of halogens is 2. The molecule has 3 rings (SSSR count). The second kappa shape index (κ2) is 7.45. The maximum Gasteiger partial charge on any atom is 0.229 e. The van der Waals surface area contributed by atoms with Gasteiger partial charge in [-0.2, -0.15) is 0 Å². The molecule has 3 aromatic rings. The minimum Gasteiger partial charge on any atom is -0.325 e. The molecule has 3 nitrogen and oxygen atoms in total. The molecule has 0 aliphatic rings. The Labute approximate surface area is 158 Å². The molecule has 128 valence electrons. The summed E-state index contributed by atoms with van der Waals surface area (Å²) < 4.78 is 14.0. The molecule has 0 bridgehead atoms. The molecule has 0 aliphatic carbocycles. The van der Waals surface area contributed by atoms with Gasteiger partial charge in [0.25, 0.3) is 0 Å². The molecule has 25 heavy (non-hydrogen) atoms. The standard InChI is InChI=1S/C19H16BrFN2OS/c1-11-3-8-16(15(20)9-11)23-18(24)10-17-19(22-12(2)25-17)13-4-6-14(21)7-5-13/h3-9H,10H2,1-2H3,(H,23,24). The van der Waals surface area contributed by atoms with Crippen LogP contribution in [-0.2, 0) is 11.2 Å². The summed E-state index contributed by atoms with van der Waals surface area (Å²) in [5.41, 5.74) is 3.40. The van der Waals surface area contributed by atoms with Crippen molar-refractivity contribution in [1.82, 2.24) is 4.98 Å². The number of aromatic nitrogens is 1. The number of amides is 1. The molecule has 2 aromatic carbocycles. The molecule has 6 heteroatoms. The zero-order valence-electron chi connectivity index (χ0n) is 13.8. The Kier molecular flexibility index (Phi) is 5.30. The summed E-state index contributed by atoms with van der Waals surface area (Å²) in [5, 5.41) is 3.79. The quantitative estimate of drug-likeness (QED) is 0.606. The molecule has 0 atom stereocenters. The van der Waals surface area contributed by atoms with Crippen molar-refractivity contribution in [3.8, 4) is 11.3 Å². The van der Waals surface area contributed by atoms with Gasteiger partial charge in [-0.25, -0.2) is 9.37 Å². The van der Waals surface area contributed by atoms with E-state index in [1.165, 1.54) is 23.5 Å². The zero-order chi connectivity index (χ0) is 18.0. The molecule has 0 saturated carbocycles. The van der Waals surface area contributed by atoms with Gasteiger partial charge in [-0.3, -0.25) is 4.79 Å². The summed E-state index contributed by atoms with van der Waals surface area (Å²) >= 11 is 4.94. The Hall–Kier alpha value is -2.05. The average molecular weight is 419 g/mol. The van der Waals surface area contributed by atoms with E-state index in [9.17, 15) is 9.18 Å². The summed E-state index contributed by atoms with van der Waals surface area (Å²) in [6.07, 6.45) is 0.221. The van der Waals surface area contributed by atoms with E-state index >= 15 is 0 Å². The summed E-state index contributed by atoms with van der Waals surface area (Å²) in [6, 6.07) is 11.9. The summed E-state index contributed by atoms with van der Waals surface area (Å²) in [4.78, 5) is 17.8. The molecule has 0 aliphatic heterocycles. The van der Waals surface area contributed by atoms with Gasteiger partial charge in [0.15, 0.2) is 0 Å². The van der Waals surface area contributed by atoms with Crippen molar-refractivity contribution in [3.05, 3.63) is 68.2 Å². The first kappa shape index (κ1) is 17.8. The number of nitrogens with one attached hydrogen (secondary N) is 1. The maximum atomic E-state index is 13.1. The van der Waals surface area contributed by atoms with Crippen LogP contribution >= 0.6 is 27.3 Å². The van der Waals surface area contributed by atoms with E-state index in [4.69, 9.17) is 0 Å². The van der Waals surface area contributed by atoms with Crippen molar-refractivity contribution >= 4 is 38.9 Å². The molecule has 1 heterocycles. The Morgan fingerprint density at radius 2 is 1.92 bits per heavy atom. The van der Waals surface area contributed by atoms with Crippen LogP contribution in [0.15, 0.2) is 46.9 Å². The van der Waals surface area contributed by atoms with E-state index in [1.807, 2.05) is 32.0 Å². The third kappa shape index (κ3) is 4.32. The first-order valence-electron chi connectivity index (χ1n) is 7.70. The van der Waals surface area contributed by atoms with Gasteiger partial charge in [0.2, 0.25) is 5.91 Å². The van der Waals surface area contributed by atoms with E-state index in [1.54, 1.807) is 12.1 Å². The number of thiazole rings is 1. The molecular formula is C19H16BrFN2OS. The highest BCUT2D eigenvalue weighted by atomic mass is 79.9. The van der Waals surface area contributed by atoms with Crippen LogP contribution in [0, 0.1) is 19.7 Å². The second-order valence-electron chi connectivity index (χ2n) is 5.72. The highest BCUT2D eigenvalue weighted by Crippen LogP contribution is 2.29. The normalized spacial score (nSPS) is 10.7. The molecule has 1 amide bonds. The van der Waals surface area contributed by atoms with Crippen molar-refractivity contribution in [1.29, 1.82) is 0 Å². The highest BCUT2D eigenvalue weighted by Gasteiger charge is 2.15. The fourth-order valence-electron chi connectivity index (χ4n) is 2.48. The second-order valence-corrected chi connectivity index (χ2v) is 7.86. The third-order valence-electron chi connectivity index (χ3n) is 3.64. The van der Waals surface area contributed by atoms with Crippen LogP contribution in [0.1, 0.15) is 15.4 Å². The third-order valence-corrected chi connectivity index (χ3v) is 5.27.